The highest BCUT2D eigenvalue weighted by molar-refractivity contribution is 9.10. The molecule has 3 aromatic rings. The number of benzene rings is 2. The fourth-order valence-electron chi connectivity index (χ4n) is 2.79. The molecule has 0 saturated carbocycles. The number of anilines is 1. The number of fused-ring (bicyclic) bond motifs is 1. The Bertz CT molecular complexity index is 1110. The van der Waals surface area contributed by atoms with Gasteiger partial charge < -0.3 is 9.64 Å². The van der Waals surface area contributed by atoms with Crippen molar-refractivity contribution in [2.45, 2.75) is 26.3 Å². The van der Waals surface area contributed by atoms with Gasteiger partial charge in [0, 0.05) is 17.0 Å². The Kier molecular flexibility index (Phi) is 7.09. The van der Waals surface area contributed by atoms with Gasteiger partial charge in [0.2, 0.25) is 5.91 Å². The van der Waals surface area contributed by atoms with Crippen LogP contribution in [0.5, 0.6) is 0 Å². The minimum atomic E-state index is -1.33. The van der Waals surface area contributed by atoms with E-state index in [4.69, 9.17) is 4.74 Å². The quantitative estimate of drug-likeness (QED) is 0.324. The van der Waals surface area contributed by atoms with E-state index in [9.17, 15) is 22.8 Å². The van der Waals surface area contributed by atoms with Gasteiger partial charge in [-0.3, -0.25) is 9.59 Å². The molecule has 0 fully saturated rings. The van der Waals surface area contributed by atoms with Crippen LogP contribution in [0.1, 0.15) is 24.8 Å². The number of amides is 1. The Morgan fingerprint density at radius 1 is 1.17 bits per heavy atom. The van der Waals surface area contributed by atoms with Gasteiger partial charge in [-0.25, -0.2) is 18.2 Å². The van der Waals surface area contributed by atoms with Crippen LogP contribution < -0.4 is 4.90 Å². The lowest BCUT2D eigenvalue weighted by molar-refractivity contribution is -0.144. The zero-order valence-electron chi connectivity index (χ0n) is 15.8. The first-order valence-electron chi connectivity index (χ1n) is 8.95. The van der Waals surface area contributed by atoms with E-state index in [2.05, 4.69) is 20.9 Å². The average molecular weight is 501 g/mol. The van der Waals surface area contributed by atoms with E-state index >= 15 is 0 Å². The first kappa shape index (κ1) is 22.2. The number of rotatable bonds is 7. The average Bonchev–Trinajstić information content (AvgIpc) is 3.14. The molecule has 0 aliphatic heterocycles. The zero-order valence-corrected chi connectivity index (χ0v) is 18.2. The number of aromatic nitrogens is 1. The molecule has 0 N–H and O–H groups in total. The van der Waals surface area contributed by atoms with Gasteiger partial charge in [-0.05, 0) is 35.0 Å². The van der Waals surface area contributed by atoms with Crippen LogP contribution in [0.4, 0.5) is 18.9 Å². The molecule has 5 nitrogen and oxygen atoms in total. The third-order valence-corrected chi connectivity index (χ3v) is 5.86. The SMILES string of the molecule is CCOC(=O)CCC(=O)N(Cc1nc2c(F)c(F)cc(F)c2s1)c1ccccc1Br. The number of hydrogen-bond acceptors (Lipinski definition) is 5. The smallest absolute Gasteiger partial charge is 0.306 e. The Hall–Kier alpha value is -2.46. The van der Waals surface area contributed by atoms with Gasteiger partial charge in [-0.2, -0.15) is 0 Å². The van der Waals surface area contributed by atoms with Crippen LogP contribution in [0, 0.1) is 17.5 Å². The van der Waals surface area contributed by atoms with Gasteiger partial charge >= 0.3 is 5.97 Å². The highest BCUT2D eigenvalue weighted by atomic mass is 79.9. The second-order valence-corrected chi connectivity index (χ2v) is 8.11. The number of para-hydroxylation sites is 1. The number of esters is 1. The molecule has 1 heterocycles. The van der Waals surface area contributed by atoms with Crippen molar-refractivity contribution < 1.29 is 27.5 Å². The maximum absolute atomic E-state index is 14.0. The summed E-state index contributed by atoms with van der Waals surface area (Å²) in [6.07, 6.45) is -0.232. The van der Waals surface area contributed by atoms with E-state index in [0.29, 0.717) is 16.2 Å². The molecule has 1 amide bonds. The monoisotopic (exact) mass is 500 g/mol. The minimum absolute atomic E-state index is 0.107. The zero-order chi connectivity index (χ0) is 21.8. The summed E-state index contributed by atoms with van der Waals surface area (Å²) in [5.74, 6) is -4.40. The molecule has 0 atom stereocenters. The molecule has 2 aromatic carbocycles. The van der Waals surface area contributed by atoms with Gasteiger partial charge in [-0.15, -0.1) is 11.3 Å². The molecule has 0 radical (unpaired) electrons. The Morgan fingerprint density at radius 3 is 2.60 bits per heavy atom. The van der Waals surface area contributed by atoms with Crippen molar-refractivity contribution in [2.75, 3.05) is 11.5 Å². The molecule has 0 saturated heterocycles. The summed E-state index contributed by atoms with van der Waals surface area (Å²) < 4.78 is 46.9. The Balaban J connectivity index is 1.93. The first-order valence-corrected chi connectivity index (χ1v) is 10.6. The third kappa shape index (κ3) is 4.81. The lowest BCUT2D eigenvalue weighted by Crippen LogP contribution is -2.31. The van der Waals surface area contributed by atoms with Crippen LogP contribution in [0.3, 0.4) is 0 Å². The summed E-state index contributed by atoms with van der Waals surface area (Å²) in [5.41, 5.74) is 0.0799. The van der Waals surface area contributed by atoms with Crippen LogP contribution in [-0.2, 0) is 20.9 Å². The van der Waals surface area contributed by atoms with Gasteiger partial charge in [0.05, 0.1) is 30.0 Å². The predicted molar refractivity (Wildman–Crippen MR) is 111 cm³/mol. The van der Waals surface area contributed by atoms with Crippen molar-refractivity contribution in [3.63, 3.8) is 0 Å². The molecule has 10 heteroatoms. The number of carbonyl (C=O) groups excluding carboxylic acids is 2. The van der Waals surface area contributed by atoms with Crippen LogP contribution >= 0.6 is 27.3 Å². The lowest BCUT2D eigenvalue weighted by atomic mass is 10.2. The summed E-state index contributed by atoms with van der Waals surface area (Å²) >= 11 is 4.21. The van der Waals surface area contributed by atoms with Crippen LogP contribution in [0.25, 0.3) is 10.2 Å². The molecule has 0 bridgehead atoms. The normalized spacial score (nSPS) is 11.0. The van der Waals surface area contributed by atoms with Crippen molar-refractivity contribution in [1.82, 2.24) is 4.98 Å². The summed E-state index contributed by atoms with van der Waals surface area (Å²) in [6.45, 7) is 1.77. The number of thiazole rings is 1. The molecular formula is C20H16BrF3N2O3S. The van der Waals surface area contributed by atoms with Crippen molar-refractivity contribution in [3.05, 3.63) is 57.3 Å². The fourth-order valence-corrected chi connectivity index (χ4v) is 4.24. The van der Waals surface area contributed by atoms with Crippen LogP contribution in [0.2, 0.25) is 0 Å². The number of hydrogen-bond donors (Lipinski definition) is 0. The highest BCUT2D eigenvalue weighted by Crippen LogP contribution is 2.32. The van der Waals surface area contributed by atoms with E-state index in [0.717, 1.165) is 11.3 Å². The molecule has 158 valence electrons. The summed E-state index contributed by atoms with van der Waals surface area (Å²) in [4.78, 5) is 29.9. The summed E-state index contributed by atoms with van der Waals surface area (Å²) in [7, 11) is 0. The highest BCUT2D eigenvalue weighted by Gasteiger charge is 2.23. The van der Waals surface area contributed by atoms with Crippen molar-refractivity contribution in [1.29, 1.82) is 0 Å². The van der Waals surface area contributed by atoms with Gasteiger partial charge in [0.25, 0.3) is 0 Å². The van der Waals surface area contributed by atoms with E-state index in [1.807, 2.05) is 0 Å². The van der Waals surface area contributed by atoms with Crippen molar-refractivity contribution in [2.24, 2.45) is 0 Å². The second kappa shape index (κ2) is 9.57. The van der Waals surface area contributed by atoms with Crippen molar-refractivity contribution >= 4 is 55.0 Å². The van der Waals surface area contributed by atoms with Crippen LogP contribution in [0.15, 0.2) is 34.8 Å². The molecule has 0 aliphatic carbocycles. The van der Waals surface area contributed by atoms with Gasteiger partial charge in [-0.1, -0.05) is 12.1 Å². The number of nitrogens with zero attached hydrogens (tertiary/aromatic N) is 2. The van der Waals surface area contributed by atoms with Crippen molar-refractivity contribution in [3.8, 4) is 0 Å². The summed E-state index contributed by atoms with van der Waals surface area (Å²) in [5, 5.41) is 0.216. The third-order valence-electron chi connectivity index (χ3n) is 4.15. The maximum Gasteiger partial charge on any atom is 0.306 e. The minimum Gasteiger partial charge on any atom is -0.466 e. The summed E-state index contributed by atoms with van der Waals surface area (Å²) in [6, 6.07) is 7.36. The predicted octanol–water partition coefficient (Wildman–Crippen LogP) is 5.35. The number of ether oxygens (including phenoxy) is 1. The number of halogens is 4. The van der Waals surface area contributed by atoms with E-state index in [1.54, 1.807) is 31.2 Å². The topological polar surface area (TPSA) is 59.5 Å². The molecule has 3 rings (SSSR count). The fraction of sp³-hybridized carbons (Fsp3) is 0.250. The van der Waals surface area contributed by atoms with Gasteiger partial charge in [0.15, 0.2) is 11.6 Å². The van der Waals surface area contributed by atoms with E-state index in [-0.39, 0.29) is 35.7 Å². The Morgan fingerprint density at radius 2 is 1.90 bits per heavy atom. The molecule has 30 heavy (non-hydrogen) atoms. The Labute approximate surface area is 182 Å². The van der Waals surface area contributed by atoms with Crippen LogP contribution in [-0.4, -0.2) is 23.5 Å². The largest absolute Gasteiger partial charge is 0.466 e. The second-order valence-electron chi connectivity index (χ2n) is 6.18. The first-order chi connectivity index (χ1) is 14.3. The lowest BCUT2D eigenvalue weighted by Gasteiger charge is -2.23. The molecule has 0 spiro atoms. The molecule has 1 aromatic heterocycles. The number of carbonyl (C=O) groups is 2. The van der Waals surface area contributed by atoms with E-state index in [1.165, 1.54) is 4.90 Å². The molecule has 0 aliphatic rings. The van der Waals surface area contributed by atoms with Gasteiger partial charge in [0.1, 0.15) is 16.3 Å². The standard InChI is InChI=1S/C20H16BrF3N2O3S/c1-2-29-17(28)8-7-16(27)26(14-6-4-3-5-11(14)21)10-15-25-19-18(24)12(22)9-13(23)20(19)30-15/h3-6,9H,2,7-8,10H2,1H3. The maximum atomic E-state index is 14.0. The molecule has 0 unspecified atom stereocenters. The van der Waals surface area contributed by atoms with E-state index < -0.39 is 34.8 Å². The molecular weight excluding hydrogens is 485 g/mol.